The highest BCUT2D eigenvalue weighted by atomic mass is 35.5. The van der Waals surface area contributed by atoms with E-state index in [1.54, 1.807) is 25.3 Å². The number of ether oxygens (including phenoxy) is 1. The van der Waals surface area contributed by atoms with Gasteiger partial charge in [0.25, 0.3) is 0 Å². The van der Waals surface area contributed by atoms with Crippen LogP contribution in [0.5, 0.6) is 5.75 Å². The lowest BCUT2D eigenvalue weighted by atomic mass is 10.1. The van der Waals surface area contributed by atoms with Crippen LogP contribution in [0.15, 0.2) is 42.5 Å². The number of halogens is 2. The standard InChI is InChI=1S/C19H20Cl2N2O3/c1-13(24)23(10-9-14-5-3-6-15(11-14)26-2)12-18(25)22-17-8-4-7-16(20)19(17)21/h3-8,11H,9-10,12H2,1-2H3,(H,22,25). The number of nitrogens with zero attached hydrogens (tertiary/aromatic N) is 1. The Morgan fingerprint density at radius 1 is 1.15 bits per heavy atom. The lowest BCUT2D eigenvalue weighted by Crippen LogP contribution is -2.38. The van der Waals surface area contributed by atoms with Crippen LogP contribution in [0, 0.1) is 0 Å². The van der Waals surface area contributed by atoms with Crippen LogP contribution in [0.3, 0.4) is 0 Å². The van der Waals surface area contributed by atoms with Gasteiger partial charge in [-0.3, -0.25) is 9.59 Å². The fourth-order valence-electron chi connectivity index (χ4n) is 2.40. The number of carbonyl (C=O) groups excluding carboxylic acids is 2. The van der Waals surface area contributed by atoms with Crippen LogP contribution in [-0.4, -0.2) is 36.9 Å². The summed E-state index contributed by atoms with van der Waals surface area (Å²) < 4.78 is 5.19. The zero-order valence-electron chi connectivity index (χ0n) is 14.6. The van der Waals surface area contributed by atoms with E-state index in [1.165, 1.54) is 11.8 Å². The molecule has 0 aliphatic heterocycles. The molecular formula is C19H20Cl2N2O3. The molecule has 2 amide bonds. The van der Waals surface area contributed by atoms with Gasteiger partial charge in [0.2, 0.25) is 11.8 Å². The van der Waals surface area contributed by atoms with Gasteiger partial charge in [0.1, 0.15) is 5.75 Å². The molecule has 138 valence electrons. The van der Waals surface area contributed by atoms with Crippen molar-refractivity contribution in [3.63, 3.8) is 0 Å². The Balaban J connectivity index is 1.97. The summed E-state index contributed by atoms with van der Waals surface area (Å²) in [4.78, 5) is 25.6. The minimum absolute atomic E-state index is 0.0673. The molecule has 2 aromatic rings. The number of carbonyl (C=O) groups is 2. The molecule has 0 atom stereocenters. The van der Waals surface area contributed by atoms with E-state index in [1.807, 2.05) is 24.3 Å². The highest BCUT2D eigenvalue weighted by molar-refractivity contribution is 6.44. The van der Waals surface area contributed by atoms with Gasteiger partial charge in [-0.2, -0.15) is 0 Å². The number of anilines is 1. The minimum Gasteiger partial charge on any atom is -0.497 e. The molecule has 0 unspecified atom stereocenters. The fourth-order valence-corrected chi connectivity index (χ4v) is 2.75. The molecule has 2 aromatic carbocycles. The molecule has 7 heteroatoms. The first-order valence-electron chi connectivity index (χ1n) is 8.03. The van der Waals surface area contributed by atoms with E-state index in [0.29, 0.717) is 23.7 Å². The molecule has 0 aromatic heterocycles. The molecule has 1 N–H and O–H groups in total. The Labute approximate surface area is 162 Å². The minimum atomic E-state index is -0.338. The molecule has 0 heterocycles. The van der Waals surface area contributed by atoms with Crippen LogP contribution in [0.2, 0.25) is 10.0 Å². The highest BCUT2D eigenvalue weighted by Gasteiger charge is 2.15. The van der Waals surface area contributed by atoms with E-state index >= 15 is 0 Å². The Morgan fingerprint density at radius 3 is 2.58 bits per heavy atom. The average molecular weight is 395 g/mol. The highest BCUT2D eigenvalue weighted by Crippen LogP contribution is 2.29. The van der Waals surface area contributed by atoms with Crippen molar-refractivity contribution in [1.82, 2.24) is 4.90 Å². The van der Waals surface area contributed by atoms with Crippen molar-refractivity contribution in [2.24, 2.45) is 0 Å². The van der Waals surface area contributed by atoms with Crippen LogP contribution >= 0.6 is 23.2 Å². The normalized spacial score (nSPS) is 10.3. The maximum atomic E-state index is 12.3. The van der Waals surface area contributed by atoms with E-state index in [-0.39, 0.29) is 23.4 Å². The predicted molar refractivity (Wildman–Crippen MR) is 104 cm³/mol. The van der Waals surface area contributed by atoms with Gasteiger partial charge >= 0.3 is 0 Å². The Morgan fingerprint density at radius 2 is 1.88 bits per heavy atom. The summed E-state index contributed by atoms with van der Waals surface area (Å²) in [5.41, 5.74) is 1.44. The first-order valence-corrected chi connectivity index (χ1v) is 8.78. The smallest absolute Gasteiger partial charge is 0.244 e. The molecule has 0 radical (unpaired) electrons. The molecule has 0 saturated heterocycles. The van der Waals surface area contributed by atoms with Gasteiger partial charge in [-0.05, 0) is 36.2 Å². The molecule has 26 heavy (non-hydrogen) atoms. The summed E-state index contributed by atoms with van der Waals surface area (Å²) in [6.45, 7) is 1.78. The van der Waals surface area contributed by atoms with Gasteiger partial charge in [0, 0.05) is 13.5 Å². The van der Waals surface area contributed by atoms with Crippen LogP contribution in [0.4, 0.5) is 5.69 Å². The third-order valence-electron chi connectivity index (χ3n) is 3.81. The second-order valence-electron chi connectivity index (χ2n) is 5.69. The number of hydrogen-bond acceptors (Lipinski definition) is 3. The number of rotatable bonds is 7. The summed E-state index contributed by atoms with van der Waals surface area (Å²) >= 11 is 12.0. The van der Waals surface area contributed by atoms with E-state index < -0.39 is 0 Å². The topological polar surface area (TPSA) is 58.6 Å². The number of benzene rings is 2. The van der Waals surface area contributed by atoms with Crippen molar-refractivity contribution in [2.45, 2.75) is 13.3 Å². The molecule has 0 spiro atoms. The molecule has 0 fully saturated rings. The van der Waals surface area contributed by atoms with Crippen LogP contribution in [0.1, 0.15) is 12.5 Å². The molecule has 0 aliphatic rings. The maximum Gasteiger partial charge on any atom is 0.244 e. The monoisotopic (exact) mass is 394 g/mol. The van der Waals surface area contributed by atoms with Gasteiger partial charge in [-0.25, -0.2) is 0 Å². The average Bonchev–Trinajstić information content (AvgIpc) is 2.62. The van der Waals surface area contributed by atoms with Crippen molar-refractivity contribution in [3.05, 3.63) is 58.1 Å². The number of amides is 2. The molecule has 0 aliphatic carbocycles. The van der Waals surface area contributed by atoms with Crippen molar-refractivity contribution >= 4 is 40.7 Å². The van der Waals surface area contributed by atoms with Crippen LogP contribution < -0.4 is 10.1 Å². The summed E-state index contributed by atoms with van der Waals surface area (Å²) in [7, 11) is 1.60. The first kappa shape index (κ1) is 20.1. The first-order chi connectivity index (χ1) is 12.4. The zero-order chi connectivity index (χ0) is 19.1. The van der Waals surface area contributed by atoms with Crippen molar-refractivity contribution < 1.29 is 14.3 Å². The summed E-state index contributed by atoms with van der Waals surface area (Å²) in [6, 6.07) is 12.6. The Hall–Kier alpha value is -2.24. The van der Waals surface area contributed by atoms with E-state index in [4.69, 9.17) is 27.9 Å². The van der Waals surface area contributed by atoms with Gasteiger partial charge in [-0.15, -0.1) is 0 Å². The third-order valence-corrected chi connectivity index (χ3v) is 4.63. The quantitative estimate of drug-likeness (QED) is 0.770. The molecular weight excluding hydrogens is 375 g/mol. The second kappa shape index (κ2) is 9.46. The van der Waals surface area contributed by atoms with Crippen molar-refractivity contribution in [1.29, 1.82) is 0 Å². The predicted octanol–water partition coefficient (Wildman–Crippen LogP) is 4.03. The molecule has 5 nitrogen and oxygen atoms in total. The van der Waals surface area contributed by atoms with Crippen molar-refractivity contribution in [2.75, 3.05) is 25.5 Å². The number of nitrogens with one attached hydrogen (secondary N) is 1. The van der Waals surface area contributed by atoms with E-state index in [9.17, 15) is 9.59 Å². The lowest BCUT2D eigenvalue weighted by Gasteiger charge is -2.21. The largest absolute Gasteiger partial charge is 0.497 e. The third kappa shape index (κ3) is 5.64. The van der Waals surface area contributed by atoms with Gasteiger partial charge in [0.05, 0.1) is 29.4 Å². The molecule has 0 saturated carbocycles. The van der Waals surface area contributed by atoms with Crippen molar-refractivity contribution in [3.8, 4) is 5.75 Å². The van der Waals surface area contributed by atoms with Gasteiger partial charge in [0.15, 0.2) is 0 Å². The van der Waals surface area contributed by atoms with E-state index in [0.717, 1.165) is 11.3 Å². The summed E-state index contributed by atoms with van der Waals surface area (Å²) in [6.07, 6.45) is 0.613. The summed E-state index contributed by atoms with van der Waals surface area (Å²) in [5.74, 6) is 0.237. The number of hydrogen-bond donors (Lipinski definition) is 1. The van der Waals surface area contributed by atoms with Crippen LogP contribution in [0.25, 0.3) is 0 Å². The summed E-state index contributed by atoms with van der Waals surface area (Å²) in [5, 5.41) is 3.31. The lowest BCUT2D eigenvalue weighted by molar-refractivity contribution is -0.132. The van der Waals surface area contributed by atoms with E-state index in [2.05, 4.69) is 5.32 Å². The second-order valence-corrected chi connectivity index (χ2v) is 6.48. The Bertz CT molecular complexity index is 796. The SMILES string of the molecule is COc1cccc(CCN(CC(=O)Nc2cccc(Cl)c2Cl)C(C)=O)c1. The van der Waals surface area contributed by atoms with Gasteiger partial charge in [-0.1, -0.05) is 41.4 Å². The maximum absolute atomic E-state index is 12.3. The number of methoxy groups -OCH3 is 1. The fraction of sp³-hybridized carbons (Fsp3) is 0.263. The Kier molecular flexibility index (Phi) is 7.30. The molecule has 0 bridgehead atoms. The van der Waals surface area contributed by atoms with Gasteiger partial charge < -0.3 is 15.0 Å². The van der Waals surface area contributed by atoms with Crippen LogP contribution in [-0.2, 0) is 16.0 Å². The zero-order valence-corrected chi connectivity index (χ0v) is 16.1. The molecule has 2 rings (SSSR count).